The largest absolute Gasteiger partial charge is 0.369 e. The minimum atomic E-state index is 0.146. The topological polar surface area (TPSA) is 44.6 Å². The van der Waals surface area contributed by atoms with E-state index >= 15 is 0 Å². The van der Waals surface area contributed by atoms with Gasteiger partial charge in [0.25, 0.3) is 5.91 Å². The van der Waals surface area contributed by atoms with Gasteiger partial charge in [0, 0.05) is 73.8 Å². The molecule has 0 bridgehead atoms. The van der Waals surface area contributed by atoms with E-state index in [0.717, 1.165) is 88.6 Å². The van der Waals surface area contributed by atoms with Gasteiger partial charge in [0.2, 0.25) is 0 Å². The molecule has 32 heavy (non-hydrogen) atoms. The molecule has 3 aliphatic rings. The van der Waals surface area contributed by atoms with Crippen molar-refractivity contribution in [1.82, 2.24) is 19.6 Å². The monoisotopic (exact) mass is 455 g/mol. The summed E-state index contributed by atoms with van der Waals surface area (Å²) in [5, 5.41) is 5.59. The van der Waals surface area contributed by atoms with Crippen LogP contribution in [0.25, 0.3) is 0 Å². The highest BCUT2D eigenvalue weighted by molar-refractivity contribution is 6.30. The lowest BCUT2D eigenvalue weighted by atomic mass is 9.89. The summed E-state index contributed by atoms with van der Waals surface area (Å²) in [6.45, 7) is 11.0. The van der Waals surface area contributed by atoms with Crippen molar-refractivity contribution in [3.05, 3.63) is 45.7 Å². The summed E-state index contributed by atoms with van der Waals surface area (Å²) in [7, 11) is 0. The van der Waals surface area contributed by atoms with E-state index in [1.54, 1.807) is 0 Å². The predicted molar refractivity (Wildman–Crippen MR) is 129 cm³/mol. The molecular weight excluding hydrogens is 422 g/mol. The second kappa shape index (κ2) is 9.06. The number of anilines is 1. The van der Waals surface area contributed by atoms with Gasteiger partial charge in [-0.15, -0.1) is 0 Å². The van der Waals surface area contributed by atoms with Crippen LogP contribution < -0.4 is 4.90 Å². The number of aryl methyl sites for hydroxylation is 2. The average molecular weight is 456 g/mol. The summed E-state index contributed by atoms with van der Waals surface area (Å²) in [5.74, 6) is 0.146. The third kappa shape index (κ3) is 4.03. The predicted octanol–water partition coefficient (Wildman–Crippen LogP) is 3.78. The molecule has 1 atom stereocenters. The van der Waals surface area contributed by atoms with E-state index in [9.17, 15) is 4.79 Å². The van der Waals surface area contributed by atoms with Crippen LogP contribution >= 0.6 is 11.6 Å². The highest BCUT2D eigenvalue weighted by atomic mass is 35.5. The first kappa shape index (κ1) is 21.8. The van der Waals surface area contributed by atoms with Crippen molar-refractivity contribution in [3.63, 3.8) is 0 Å². The van der Waals surface area contributed by atoms with Crippen LogP contribution in [0.3, 0.4) is 0 Å². The fraction of sp³-hybridized carbons (Fsp3) is 0.600. The molecule has 172 valence electrons. The maximum absolute atomic E-state index is 13.2. The quantitative estimate of drug-likeness (QED) is 0.703. The van der Waals surface area contributed by atoms with Gasteiger partial charge in [-0.25, -0.2) is 0 Å². The number of rotatable bonds is 4. The maximum atomic E-state index is 13.2. The van der Waals surface area contributed by atoms with Gasteiger partial charge in [0.05, 0.1) is 0 Å². The van der Waals surface area contributed by atoms with Crippen LogP contribution in [0.15, 0.2) is 18.2 Å². The molecule has 7 heteroatoms. The van der Waals surface area contributed by atoms with Crippen molar-refractivity contribution in [2.75, 3.05) is 44.2 Å². The Bertz CT molecular complexity index is 988. The van der Waals surface area contributed by atoms with Gasteiger partial charge in [0.1, 0.15) is 0 Å². The molecule has 1 unspecified atom stereocenters. The summed E-state index contributed by atoms with van der Waals surface area (Å²) in [6, 6.07) is 6.66. The Morgan fingerprint density at radius 2 is 1.88 bits per heavy atom. The van der Waals surface area contributed by atoms with Gasteiger partial charge in [-0.3, -0.25) is 14.4 Å². The van der Waals surface area contributed by atoms with Gasteiger partial charge in [-0.05, 0) is 63.6 Å². The Hall–Kier alpha value is -2.05. The molecule has 2 aromatic rings. The van der Waals surface area contributed by atoms with Gasteiger partial charge in [0.15, 0.2) is 5.69 Å². The van der Waals surface area contributed by atoms with E-state index in [2.05, 4.69) is 40.5 Å². The summed E-state index contributed by atoms with van der Waals surface area (Å²) in [5.41, 5.74) is 5.77. The van der Waals surface area contributed by atoms with Crippen LogP contribution in [-0.2, 0) is 19.4 Å². The number of hydrogen-bond acceptors (Lipinski definition) is 4. The molecule has 1 aromatic heterocycles. The number of aromatic nitrogens is 2. The Morgan fingerprint density at radius 3 is 2.59 bits per heavy atom. The number of amides is 1. The van der Waals surface area contributed by atoms with Gasteiger partial charge in [-0.2, -0.15) is 5.10 Å². The van der Waals surface area contributed by atoms with Crippen LogP contribution in [0.5, 0.6) is 0 Å². The van der Waals surface area contributed by atoms with Crippen LogP contribution in [0.1, 0.15) is 53.5 Å². The second-order valence-electron chi connectivity index (χ2n) is 9.44. The molecule has 5 rings (SSSR count). The minimum absolute atomic E-state index is 0.146. The van der Waals surface area contributed by atoms with Crippen LogP contribution in [0, 0.1) is 6.92 Å². The summed E-state index contributed by atoms with van der Waals surface area (Å²) in [4.78, 5) is 20.3. The number of nitrogens with zero attached hydrogens (tertiary/aromatic N) is 5. The first-order chi connectivity index (χ1) is 15.5. The molecule has 2 fully saturated rings. The molecule has 0 saturated carbocycles. The summed E-state index contributed by atoms with van der Waals surface area (Å²) >= 11 is 6.26. The lowest BCUT2D eigenvalue weighted by Gasteiger charge is -2.42. The zero-order chi connectivity index (χ0) is 22.2. The lowest BCUT2D eigenvalue weighted by molar-refractivity contribution is 0.0784. The van der Waals surface area contributed by atoms with Crippen molar-refractivity contribution < 1.29 is 4.79 Å². The number of hydrogen-bond donors (Lipinski definition) is 0. The Balaban J connectivity index is 1.30. The van der Waals surface area contributed by atoms with E-state index in [4.69, 9.17) is 16.7 Å². The zero-order valence-corrected chi connectivity index (χ0v) is 20.1. The third-order valence-electron chi connectivity index (χ3n) is 7.56. The van der Waals surface area contributed by atoms with E-state index < -0.39 is 0 Å². The zero-order valence-electron chi connectivity index (χ0n) is 19.3. The van der Waals surface area contributed by atoms with E-state index in [1.165, 1.54) is 22.5 Å². The number of halogens is 1. The van der Waals surface area contributed by atoms with Crippen LogP contribution in [0.4, 0.5) is 5.69 Å². The Morgan fingerprint density at radius 1 is 1.12 bits per heavy atom. The molecule has 0 spiro atoms. The van der Waals surface area contributed by atoms with Crippen LogP contribution in [0.2, 0.25) is 5.02 Å². The number of fused-ring (bicyclic) bond motifs is 1. The third-order valence-corrected chi connectivity index (χ3v) is 7.79. The molecule has 1 aliphatic carbocycles. The van der Waals surface area contributed by atoms with E-state index in [1.807, 2.05) is 11.0 Å². The molecule has 2 saturated heterocycles. The lowest BCUT2D eigenvalue weighted by Crippen LogP contribution is -2.52. The molecule has 1 amide bonds. The fourth-order valence-electron chi connectivity index (χ4n) is 5.74. The van der Waals surface area contributed by atoms with Gasteiger partial charge < -0.3 is 9.80 Å². The molecule has 3 heterocycles. The minimum Gasteiger partial charge on any atom is -0.369 e. The van der Waals surface area contributed by atoms with Gasteiger partial charge >= 0.3 is 0 Å². The Labute approximate surface area is 196 Å². The molecule has 6 nitrogen and oxygen atoms in total. The highest BCUT2D eigenvalue weighted by Gasteiger charge is 2.34. The number of piperazine rings is 1. The van der Waals surface area contributed by atoms with Crippen molar-refractivity contribution in [2.45, 2.75) is 58.5 Å². The normalized spacial score (nSPS) is 21.8. The molecule has 0 radical (unpaired) electrons. The smallest absolute Gasteiger partial charge is 0.274 e. The number of benzene rings is 1. The van der Waals surface area contributed by atoms with Crippen molar-refractivity contribution in [1.29, 1.82) is 0 Å². The Kier molecular flexibility index (Phi) is 6.17. The standard InChI is InChI=1S/C25H34ClN5O/c1-3-31-22-9-8-20(17-21(22)24(27-31)25(32)30-10-4-5-11-30)28-12-14-29(15-13-28)23-16-19(26)7-6-18(23)2/h6-7,16,20H,3-5,8-15,17H2,1-2H3. The number of carbonyl (C=O) groups excluding carboxylic acids is 1. The maximum Gasteiger partial charge on any atom is 0.274 e. The summed E-state index contributed by atoms with van der Waals surface area (Å²) in [6.07, 6.45) is 5.33. The van der Waals surface area contributed by atoms with E-state index in [0.29, 0.717) is 6.04 Å². The number of carbonyl (C=O) groups is 1. The van der Waals surface area contributed by atoms with Crippen molar-refractivity contribution in [2.24, 2.45) is 0 Å². The second-order valence-corrected chi connectivity index (χ2v) is 9.88. The number of likely N-dealkylation sites (tertiary alicyclic amines) is 1. The first-order valence-electron chi connectivity index (χ1n) is 12.2. The average Bonchev–Trinajstić information content (AvgIpc) is 3.48. The molecule has 2 aliphatic heterocycles. The van der Waals surface area contributed by atoms with E-state index in [-0.39, 0.29) is 5.91 Å². The highest BCUT2D eigenvalue weighted by Crippen LogP contribution is 2.31. The van der Waals surface area contributed by atoms with Crippen LogP contribution in [-0.4, -0.2) is 70.8 Å². The molecular formula is C25H34ClN5O. The SMILES string of the molecule is CCn1nc(C(=O)N2CCCC2)c2c1CCC(N1CCN(c3cc(Cl)ccc3C)CC1)C2. The fourth-order valence-corrected chi connectivity index (χ4v) is 5.90. The first-order valence-corrected chi connectivity index (χ1v) is 12.6. The molecule has 0 N–H and O–H groups in total. The van der Waals surface area contributed by atoms with Crippen molar-refractivity contribution >= 4 is 23.2 Å². The van der Waals surface area contributed by atoms with Crippen molar-refractivity contribution in [3.8, 4) is 0 Å². The van der Waals surface area contributed by atoms with Gasteiger partial charge in [-0.1, -0.05) is 17.7 Å². The summed E-state index contributed by atoms with van der Waals surface area (Å²) < 4.78 is 2.08. The molecule has 1 aromatic carbocycles.